The Hall–Kier alpha value is -1.85. The zero-order chi connectivity index (χ0) is 13.7. The van der Waals surface area contributed by atoms with Gasteiger partial charge in [-0.3, -0.25) is 4.79 Å². The maximum absolute atomic E-state index is 11.9. The smallest absolute Gasteiger partial charge is 0.261 e. The van der Waals surface area contributed by atoms with Gasteiger partial charge in [0.1, 0.15) is 5.75 Å². The number of hydrogen-bond acceptors (Lipinski definition) is 4. The van der Waals surface area contributed by atoms with Gasteiger partial charge in [-0.05, 0) is 11.1 Å². The standard InChI is InChI=1S/C14H15NO3S/c1-18-12-6-13(19-9-12)14(17)15-7-10-4-2-3-5-11(10)8-16/h2-6,9,16H,7-8H2,1H3,(H,15,17). The molecule has 0 radical (unpaired) electrons. The molecule has 1 aromatic carbocycles. The van der Waals surface area contributed by atoms with Crippen molar-refractivity contribution < 1.29 is 14.6 Å². The summed E-state index contributed by atoms with van der Waals surface area (Å²) >= 11 is 1.34. The number of amides is 1. The van der Waals surface area contributed by atoms with Crippen molar-refractivity contribution in [2.45, 2.75) is 13.2 Å². The van der Waals surface area contributed by atoms with E-state index in [0.29, 0.717) is 17.2 Å². The molecule has 0 aliphatic rings. The first-order valence-corrected chi connectivity index (χ1v) is 6.71. The van der Waals surface area contributed by atoms with Crippen molar-refractivity contribution >= 4 is 17.2 Å². The average molecular weight is 277 g/mol. The molecule has 0 unspecified atom stereocenters. The van der Waals surface area contributed by atoms with Gasteiger partial charge in [-0.15, -0.1) is 11.3 Å². The maximum Gasteiger partial charge on any atom is 0.261 e. The van der Waals surface area contributed by atoms with Crippen LogP contribution in [0, 0.1) is 0 Å². The highest BCUT2D eigenvalue weighted by Crippen LogP contribution is 2.21. The van der Waals surface area contributed by atoms with Crippen molar-refractivity contribution in [2.24, 2.45) is 0 Å². The molecule has 0 bridgehead atoms. The minimum absolute atomic E-state index is 0.0289. The van der Waals surface area contributed by atoms with Crippen LogP contribution in [-0.2, 0) is 13.2 Å². The van der Waals surface area contributed by atoms with E-state index in [1.807, 2.05) is 24.3 Å². The summed E-state index contributed by atoms with van der Waals surface area (Å²) in [6.45, 7) is 0.370. The third-order valence-electron chi connectivity index (χ3n) is 2.76. The Kier molecular flexibility index (Phi) is 4.54. The summed E-state index contributed by atoms with van der Waals surface area (Å²) < 4.78 is 5.04. The second kappa shape index (κ2) is 6.36. The van der Waals surface area contributed by atoms with Crippen LogP contribution in [0.15, 0.2) is 35.7 Å². The molecule has 1 heterocycles. The topological polar surface area (TPSA) is 58.6 Å². The molecule has 0 fully saturated rings. The van der Waals surface area contributed by atoms with Gasteiger partial charge in [0.2, 0.25) is 0 Å². The Bertz CT molecular complexity index is 565. The van der Waals surface area contributed by atoms with Gasteiger partial charge in [-0.1, -0.05) is 24.3 Å². The number of aliphatic hydroxyl groups excluding tert-OH is 1. The van der Waals surface area contributed by atoms with E-state index in [0.717, 1.165) is 11.1 Å². The molecule has 0 aliphatic heterocycles. The highest BCUT2D eigenvalue weighted by Gasteiger charge is 2.10. The van der Waals surface area contributed by atoms with Gasteiger partial charge in [0.05, 0.1) is 18.6 Å². The van der Waals surface area contributed by atoms with Crippen LogP contribution in [0.5, 0.6) is 5.75 Å². The van der Waals surface area contributed by atoms with E-state index in [1.165, 1.54) is 11.3 Å². The Morgan fingerprint density at radius 3 is 2.74 bits per heavy atom. The number of aliphatic hydroxyl groups is 1. The zero-order valence-corrected chi connectivity index (χ0v) is 11.4. The van der Waals surface area contributed by atoms with Crippen LogP contribution in [0.25, 0.3) is 0 Å². The van der Waals surface area contributed by atoms with Crippen LogP contribution in [0.1, 0.15) is 20.8 Å². The van der Waals surface area contributed by atoms with Gasteiger partial charge < -0.3 is 15.2 Å². The number of thiophene rings is 1. The number of carbonyl (C=O) groups excluding carboxylic acids is 1. The van der Waals surface area contributed by atoms with Gasteiger partial charge in [0.25, 0.3) is 5.91 Å². The zero-order valence-electron chi connectivity index (χ0n) is 10.6. The summed E-state index contributed by atoms with van der Waals surface area (Å²) in [5, 5.41) is 13.8. The molecular formula is C14H15NO3S. The largest absolute Gasteiger partial charge is 0.496 e. The van der Waals surface area contributed by atoms with Crippen molar-refractivity contribution in [3.8, 4) is 5.75 Å². The molecule has 100 valence electrons. The molecule has 5 heteroatoms. The minimum atomic E-state index is -0.138. The van der Waals surface area contributed by atoms with E-state index >= 15 is 0 Å². The number of rotatable bonds is 5. The van der Waals surface area contributed by atoms with Crippen LogP contribution in [0.3, 0.4) is 0 Å². The first-order valence-electron chi connectivity index (χ1n) is 5.83. The fourth-order valence-electron chi connectivity index (χ4n) is 1.69. The lowest BCUT2D eigenvalue weighted by Crippen LogP contribution is -2.22. The van der Waals surface area contributed by atoms with Crippen LogP contribution in [-0.4, -0.2) is 18.1 Å². The number of hydrogen-bond donors (Lipinski definition) is 2. The summed E-state index contributed by atoms with van der Waals surface area (Å²) in [4.78, 5) is 12.5. The molecule has 2 N–H and O–H groups in total. The molecule has 0 saturated carbocycles. The van der Waals surface area contributed by atoms with E-state index in [-0.39, 0.29) is 12.5 Å². The summed E-state index contributed by atoms with van der Waals surface area (Å²) in [5.74, 6) is 0.548. The fraction of sp³-hybridized carbons (Fsp3) is 0.214. The highest BCUT2D eigenvalue weighted by atomic mass is 32.1. The normalized spacial score (nSPS) is 10.2. The average Bonchev–Trinajstić information content (AvgIpc) is 2.94. The van der Waals surface area contributed by atoms with Crippen LogP contribution >= 0.6 is 11.3 Å². The molecule has 0 saturated heterocycles. The molecule has 2 rings (SSSR count). The first kappa shape index (κ1) is 13.6. The molecule has 1 aromatic heterocycles. The van der Waals surface area contributed by atoms with E-state index in [4.69, 9.17) is 4.74 Å². The molecular weight excluding hydrogens is 262 g/mol. The minimum Gasteiger partial charge on any atom is -0.496 e. The van der Waals surface area contributed by atoms with E-state index in [1.54, 1.807) is 18.6 Å². The summed E-state index contributed by atoms with van der Waals surface area (Å²) in [5.41, 5.74) is 1.74. The lowest BCUT2D eigenvalue weighted by molar-refractivity contribution is 0.0954. The van der Waals surface area contributed by atoms with Crippen LogP contribution in [0.4, 0.5) is 0 Å². The van der Waals surface area contributed by atoms with Crippen molar-refractivity contribution in [1.82, 2.24) is 5.32 Å². The molecule has 4 nitrogen and oxygen atoms in total. The molecule has 19 heavy (non-hydrogen) atoms. The maximum atomic E-state index is 11.9. The van der Waals surface area contributed by atoms with Crippen molar-refractivity contribution in [3.63, 3.8) is 0 Å². The number of ether oxygens (including phenoxy) is 1. The van der Waals surface area contributed by atoms with Gasteiger partial charge >= 0.3 is 0 Å². The highest BCUT2D eigenvalue weighted by molar-refractivity contribution is 7.12. The Morgan fingerprint density at radius 1 is 1.37 bits per heavy atom. The van der Waals surface area contributed by atoms with Gasteiger partial charge in [-0.2, -0.15) is 0 Å². The molecule has 2 aromatic rings. The second-order valence-electron chi connectivity index (χ2n) is 3.96. The van der Waals surface area contributed by atoms with Crippen LogP contribution in [0.2, 0.25) is 0 Å². The number of nitrogens with one attached hydrogen (secondary N) is 1. The number of carbonyl (C=O) groups is 1. The fourth-order valence-corrected chi connectivity index (χ4v) is 2.46. The summed E-state index contributed by atoms with van der Waals surface area (Å²) in [7, 11) is 1.57. The Balaban J connectivity index is 2.00. The summed E-state index contributed by atoms with van der Waals surface area (Å²) in [6, 6.07) is 9.18. The third-order valence-corrected chi connectivity index (χ3v) is 3.67. The predicted octanol–water partition coefficient (Wildman–Crippen LogP) is 2.18. The molecule has 1 amide bonds. The lowest BCUT2D eigenvalue weighted by atomic mass is 10.1. The van der Waals surface area contributed by atoms with E-state index in [2.05, 4.69) is 5.32 Å². The van der Waals surface area contributed by atoms with Crippen molar-refractivity contribution in [3.05, 3.63) is 51.7 Å². The predicted molar refractivity (Wildman–Crippen MR) is 74.4 cm³/mol. The second-order valence-corrected chi connectivity index (χ2v) is 4.87. The molecule has 0 aliphatic carbocycles. The number of benzene rings is 1. The molecule has 0 atom stereocenters. The monoisotopic (exact) mass is 277 g/mol. The van der Waals surface area contributed by atoms with Crippen LogP contribution < -0.4 is 10.1 Å². The first-order chi connectivity index (χ1) is 9.24. The summed E-state index contributed by atoms with van der Waals surface area (Å²) in [6.07, 6.45) is 0. The van der Waals surface area contributed by atoms with Gasteiger partial charge in [0.15, 0.2) is 0 Å². The van der Waals surface area contributed by atoms with Crippen molar-refractivity contribution in [2.75, 3.05) is 7.11 Å². The third kappa shape index (κ3) is 3.33. The Labute approximate surface area is 115 Å². The van der Waals surface area contributed by atoms with Gasteiger partial charge in [0, 0.05) is 18.0 Å². The van der Waals surface area contributed by atoms with E-state index in [9.17, 15) is 9.90 Å². The van der Waals surface area contributed by atoms with E-state index < -0.39 is 0 Å². The molecule has 0 spiro atoms. The van der Waals surface area contributed by atoms with Crippen molar-refractivity contribution in [1.29, 1.82) is 0 Å². The number of methoxy groups -OCH3 is 1. The SMILES string of the molecule is COc1csc(C(=O)NCc2ccccc2CO)c1. The lowest BCUT2D eigenvalue weighted by Gasteiger charge is -2.08. The Morgan fingerprint density at radius 2 is 2.11 bits per heavy atom. The van der Waals surface area contributed by atoms with Gasteiger partial charge in [-0.25, -0.2) is 0 Å². The quantitative estimate of drug-likeness (QED) is 0.880.